The minimum absolute atomic E-state index is 0.0149. The highest BCUT2D eigenvalue weighted by Crippen LogP contribution is 2.27. The molecule has 0 bridgehead atoms. The molecule has 2 aliphatic rings. The molecule has 1 amide bonds. The van der Waals surface area contributed by atoms with E-state index in [4.69, 9.17) is 10.7 Å². The van der Waals surface area contributed by atoms with Crippen LogP contribution in [0.1, 0.15) is 18.4 Å². The van der Waals surface area contributed by atoms with Crippen LogP contribution in [-0.2, 0) is 20.4 Å². The molecule has 0 N–H and O–H groups in total. The van der Waals surface area contributed by atoms with Gasteiger partial charge in [-0.25, -0.2) is 8.42 Å². The van der Waals surface area contributed by atoms with Crippen molar-refractivity contribution < 1.29 is 13.2 Å². The molecule has 120 valence electrons. The van der Waals surface area contributed by atoms with Gasteiger partial charge in [-0.1, -0.05) is 30.3 Å². The van der Waals surface area contributed by atoms with E-state index in [0.717, 1.165) is 26.1 Å². The van der Waals surface area contributed by atoms with Gasteiger partial charge in [-0.15, -0.1) is 0 Å². The summed E-state index contributed by atoms with van der Waals surface area (Å²) in [6.45, 7) is 2.79. The first-order valence-corrected chi connectivity index (χ1v) is 9.80. The lowest BCUT2D eigenvalue weighted by Crippen LogP contribution is -2.39. The molecule has 2 heterocycles. The molecule has 0 spiro atoms. The minimum atomic E-state index is -3.66. The molecule has 2 saturated heterocycles. The highest BCUT2D eigenvalue weighted by atomic mass is 35.7. The summed E-state index contributed by atoms with van der Waals surface area (Å²) >= 11 is 0. The van der Waals surface area contributed by atoms with Gasteiger partial charge in [-0.3, -0.25) is 9.69 Å². The molecular formula is C15H19ClN2O3S. The second-order valence-electron chi connectivity index (χ2n) is 6.01. The Morgan fingerprint density at radius 1 is 1.18 bits per heavy atom. The summed E-state index contributed by atoms with van der Waals surface area (Å²) in [6, 6.07) is 10.3. The van der Waals surface area contributed by atoms with Crippen LogP contribution in [0.5, 0.6) is 0 Å². The zero-order valence-corrected chi connectivity index (χ0v) is 13.8. The summed E-state index contributed by atoms with van der Waals surface area (Å²) in [7, 11) is 1.73. The van der Waals surface area contributed by atoms with Crippen molar-refractivity contribution in [3.8, 4) is 0 Å². The Bertz CT molecular complexity index is 650. The maximum atomic E-state index is 12.1. The monoisotopic (exact) mass is 342 g/mol. The van der Waals surface area contributed by atoms with E-state index in [1.165, 1.54) is 5.56 Å². The standard InChI is InChI=1S/C15H19ClN2O3S/c16-22(20,21)14-8-15(19)18(11-14)13-6-7-17(10-13)9-12-4-2-1-3-5-12/h1-5,13-14H,6-11H2. The first-order valence-electron chi connectivity index (χ1n) is 7.42. The maximum Gasteiger partial charge on any atom is 0.237 e. The fourth-order valence-electron chi connectivity index (χ4n) is 3.29. The highest BCUT2D eigenvalue weighted by molar-refractivity contribution is 8.14. The molecule has 0 saturated carbocycles. The third kappa shape index (κ3) is 3.45. The average molecular weight is 343 g/mol. The lowest BCUT2D eigenvalue weighted by atomic mass is 10.2. The van der Waals surface area contributed by atoms with Crippen molar-refractivity contribution >= 4 is 25.6 Å². The molecule has 1 aromatic carbocycles. The SMILES string of the molecule is O=C1CC(S(=O)(=O)Cl)CN1C1CCN(Cc2ccccc2)C1. The fourth-order valence-corrected chi connectivity index (χ4v) is 4.33. The number of amides is 1. The predicted molar refractivity (Wildman–Crippen MR) is 85.0 cm³/mol. The summed E-state index contributed by atoms with van der Waals surface area (Å²) in [5.74, 6) is -0.0965. The fraction of sp³-hybridized carbons (Fsp3) is 0.533. The van der Waals surface area contributed by atoms with Crippen molar-refractivity contribution in [1.29, 1.82) is 0 Å². The molecule has 2 atom stereocenters. The van der Waals surface area contributed by atoms with Crippen LogP contribution in [0.3, 0.4) is 0 Å². The lowest BCUT2D eigenvalue weighted by Gasteiger charge is -2.24. The lowest BCUT2D eigenvalue weighted by molar-refractivity contribution is -0.129. The van der Waals surface area contributed by atoms with Crippen LogP contribution in [-0.4, -0.2) is 55.1 Å². The number of halogens is 1. The summed E-state index contributed by atoms with van der Waals surface area (Å²) in [5.41, 5.74) is 1.25. The Balaban J connectivity index is 1.60. The second-order valence-corrected chi connectivity index (χ2v) is 8.92. The summed E-state index contributed by atoms with van der Waals surface area (Å²) in [4.78, 5) is 16.1. The average Bonchev–Trinajstić information content (AvgIpc) is 3.06. The number of benzene rings is 1. The van der Waals surface area contributed by atoms with Gasteiger partial charge in [-0.2, -0.15) is 0 Å². The van der Waals surface area contributed by atoms with E-state index < -0.39 is 14.3 Å². The summed E-state index contributed by atoms with van der Waals surface area (Å²) < 4.78 is 22.8. The molecule has 0 radical (unpaired) electrons. The van der Waals surface area contributed by atoms with Crippen LogP contribution in [0.2, 0.25) is 0 Å². The molecule has 2 fully saturated rings. The number of hydrogen-bond acceptors (Lipinski definition) is 4. The highest BCUT2D eigenvalue weighted by Gasteiger charge is 2.41. The van der Waals surface area contributed by atoms with Crippen LogP contribution >= 0.6 is 10.7 Å². The zero-order valence-electron chi connectivity index (χ0n) is 12.2. The normalized spacial score (nSPS) is 26.8. The predicted octanol–water partition coefficient (Wildman–Crippen LogP) is 1.43. The third-order valence-corrected chi connectivity index (χ3v) is 6.33. The van der Waals surface area contributed by atoms with Crippen molar-refractivity contribution in [2.75, 3.05) is 19.6 Å². The second kappa shape index (κ2) is 6.18. The Morgan fingerprint density at radius 3 is 2.55 bits per heavy atom. The molecule has 1 aromatic rings. The van der Waals surface area contributed by atoms with Crippen LogP contribution < -0.4 is 0 Å². The van der Waals surface area contributed by atoms with E-state index in [-0.39, 0.29) is 24.9 Å². The van der Waals surface area contributed by atoms with E-state index in [2.05, 4.69) is 17.0 Å². The summed E-state index contributed by atoms with van der Waals surface area (Å²) in [6.07, 6.45) is 0.897. The molecular weight excluding hydrogens is 324 g/mol. The van der Waals surface area contributed by atoms with Gasteiger partial charge in [0.05, 0.1) is 0 Å². The van der Waals surface area contributed by atoms with Gasteiger partial charge >= 0.3 is 0 Å². The van der Waals surface area contributed by atoms with Gasteiger partial charge in [0, 0.05) is 49.3 Å². The number of nitrogens with zero attached hydrogens (tertiary/aromatic N) is 2. The van der Waals surface area contributed by atoms with Gasteiger partial charge in [0.15, 0.2) is 0 Å². The molecule has 0 aromatic heterocycles. The van der Waals surface area contributed by atoms with Gasteiger partial charge in [0.1, 0.15) is 5.25 Å². The van der Waals surface area contributed by atoms with Crippen molar-refractivity contribution in [2.45, 2.75) is 30.7 Å². The first kappa shape index (κ1) is 15.8. The number of rotatable bonds is 4. The van der Waals surface area contributed by atoms with E-state index in [0.29, 0.717) is 0 Å². The summed E-state index contributed by atoms with van der Waals surface area (Å²) in [5, 5.41) is -0.759. The van der Waals surface area contributed by atoms with Crippen molar-refractivity contribution in [1.82, 2.24) is 9.80 Å². The zero-order chi connectivity index (χ0) is 15.7. The topological polar surface area (TPSA) is 57.7 Å². The molecule has 7 heteroatoms. The van der Waals surface area contributed by atoms with E-state index in [9.17, 15) is 13.2 Å². The van der Waals surface area contributed by atoms with Gasteiger partial charge in [0.2, 0.25) is 15.0 Å². The largest absolute Gasteiger partial charge is 0.337 e. The molecule has 22 heavy (non-hydrogen) atoms. The van der Waals surface area contributed by atoms with Crippen LogP contribution in [0, 0.1) is 0 Å². The van der Waals surface area contributed by atoms with Gasteiger partial charge in [-0.05, 0) is 12.0 Å². The van der Waals surface area contributed by atoms with Crippen molar-refractivity contribution in [2.24, 2.45) is 0 Å². The Hall–Kier alpha value is -1.11. The number of likely N-dealkylation sites (tertiary alicyclic amines) is 2. The number of carbonyl (C=O) groups excluding carboxylic acids is 1. The quantitative estimate of drug-likeness (QED) is 0.777. The minimum Gasteiger partial charge on any atom is -0.337 e. The van der Waals surface area contributed by atoms with Crippen LogP contribution in [0.15, 0.2) is 30.3 Å². The van der Waals surface area contributed by atoms with Gasteiger partial charge in [0.25, 0.3) is 0 Å². The van der Waals surface area contributed by atoms with Crippen molar-refractivity contribution in [3.63, 3.8) is 0 Å². The van der Waals surface area contributed by atoms with Crippen LogP contribution in [0.25, 0.3) is 0 Å². The Kier molecular flexibility index (Phi) is 4.43. The smallest absolute Gasteiger partial charge is 0.237 e. The molecule has 5 nitrogen and oxygen atoms in total. The Morgan fingerprint density at radius 2 is 1.91 bits per heavy atom. The maximum absolute atomic E-state index is 12.1. The van der Waals surface area contributed by atoms with Crippen LogP contribution in [0.4, 0.5) is 0 Å². The third-order valence-electron chi connectivity index (χ3n) is 4.46. The number of hydrogen-bond donors (Lipinski definition) is 0. The molecule has 0 aliphatic carbocycles. The first-order chi connectivity index (χ1) is 10.4. The molecule has 3 rings (SSSR count). The van der Waals surface area contributed by atoms with E-state index in [1.54, 1.807) is 4.90 Å². The molecule has 2 aliphatic heterocycles. The van der Waals surface area contributed by atoms with Crippen molar-refractivity contribution in [3.05, 3.63) is 35.9 Å². The number of carbonyl (C=O) groups is 1. The molecule has 2 unspecified atom stereocenters. The van der Waals surface area contributed by atoms with E-state index >= 15 is 0 Å². The van der Waals surface area contributed by atoms with Gasteiger partial charge < -0.3 is 4.90 Å². The Labute approximate surface area is 135 Å². The van der Waals surface area contributed by atoms with E-state index in [1.807, 2.05) is 18.2 Å².